The van der Waals surface area contributed by atoms with Crippen LogP contribution in [0.3, 0.4) is 0 Å². The summed E-state index contributed by atoms with van der Waals surface area (Å²) < 4.78 is 37.1. The maximum Gasteiger partial charge on any atom is 0.471 e. The summed E-state index contributed by atoms with van der Waals surface area (Å²) >= 11 is 0. The van der Waals surface area contributed by atoms with Crippen LogP contribution in [0.5, 0.6) is 0 Å². The van der Waals surface area contributed by atoms with Crippen LogP contribution in [0, 0.1) is 5.92 Å². The third-order valence-electron chi connectivity index (χ3n) is 4.13. The fourth-order valence-corrected chi connectivity index (χ4v) is 2.93. The maximum absolute atomic E-state index is 12.4. The highest BCUT2D eigenvalue weighted by molar-refractivity contribution is 5.83. The van der Waals surface area contributed by atoms with Crippen LogP contribution in [0.4, 0.5) is 13.2 Å². The third kappa shape index (κ3) is 2.06. The van der Waals surface area contributed by atoms with Gasteiger partial charge in [0.15, 0.2) is 0 Å². The minimum Gasteiger partial charge on any atom is -0.481 e. The van der Waals surface area contributed by atoms with Crippen molar-refractivity contribution in [2.24, 2.45) is 5.92 Å². The van der Waals surface area contributed by atoms with Crippen LogP contribution in [0.1, 0.15) is 32.1 Å². The highest BCUT2D eigenvalue weighted by Crippen LogP contribution is 2.46. The molecule has 0 aromatic carbocycles. The van der Waals surface area contributed by atoms with Gasteiger partial charge in [0.2, 0.25) is 0 Å². The van der Waals surface area contributed by atoms with Gasteiger partial charge in [-0.2, -0.15) is 13.2 Å². The molecule has 2 fully saturated rings. The van der Waals surface area contributed by atoms with Gasteiger partial charge in [-0.15, -0.1) is 0 Å². The highest BCUT2D eigenvalue weighted by atomic mass is 19.4. The Bertz CT molecular complexity index is 372. The van der Waals surface area contributed by atoms with E-state index in [0.717, 1.165) is 4.90 Å². The number of alkyl halides is 3. The Morgan fingerprint density at radius 3 is 2.06 bits per heavy atom. The molecule has 0 bridgehead atoms. The average Bonchev–Trinajstić information content (AvgIpc) is 2.26. The third-order valence-corrected chi connectivity index (χ3v) is 4.13. The Hall–Kier alpha value is -1.27. The molecule has 2 aliphatic rings. The Balaban J connectivity index is 2.03. The van der Waals surface area contributed by atoms with Gasteiger partial charge in [0.1, 0.15) is 0 Å². The van der Waals surface area contributed by atoms with E-state index < -0.39 is 29.5 Å². The van der Waals surface area contributed by atoms with Gasteiger partial charge in [-0.05, 0) is 32.1 Å². The monoisotopic (exact) mass is 265 g/mol. The minimum absolute atomic E-state index is 0.121. The van der Waals surface area contributed by atoms with Crippen molar-refractivity contribution in [1.82, 2.24) is 4.90 Å². The van der Waals surface area contributed by atoms with Crippen LogP contribution in [0.15, 0.2) is 0 Å². The molecule has 7 heteroatoms. The summed E-state index contributed by atoms with van der Waals surface area (Å²) in [5.41, 5.74) is -0.738. The van der Waals surface area contributed by atoms with Crippen LogP contribution in [0.25, 0.3) is 0 Å². The minimum atomic E-state index is -4.84. The first-order chi connectivity index (χ1) is 8.26. The van der Waals surface area contributed by atoms with Crippen LogP contribution in [0.2, 0.25) is 0 Å². The number of carboxylic acid groups (broad SMARTS) is 1. The van der Waals surface area contributed by atoms with Crippen LogP contribution in [-0.2, 0) is 9.59 Å². The smallest absolute Gasteiger partial charge is 0.471 e. The summed E-state index contributed by atoms with van der Waals surface area (Å²) in [6, 6.07) is 0. The van der Waals surface area contributed by atoms with Gasteiger partial charge in [-0.3, -0.25) is 9.59 Å². The number of hydrogen-bond acceptors (Lipinski definition) is 2. The zero-order valence-electron chi connectivity index (χ0n) is 9.66. The molecule has 1 saturated heterocycles. The maximum atomic E-state index is 12.4. The van der Waals surface area contributed by atoms with Crippen LogP contribution in [-0.4, -0.2) is 40.1 Å². The van der Waals surface area contributed by atoms with Gasteiger partial charge in [-0.25, -0.2) is 0 Å². The first-order valence-electron chi connectivity index (χ1n) is 5.88. The van der Waals surface area contributed by atoms with E-state index in [1.54, 1.807) is 0 Å². The molecule has 4 nitrogen and oxygen atoms in total. The Morgan fingerprint density at radius 2 is 1.72 bits per heavy atom. The Labute approximate surface area is 102 Å². The van der Waals surface area contributed by atoms with Crippen LogP contribution < -0.4 is 0 Å². The molecule has 1 spiro atoms. The number of aliphatic carboxylic acids is 1. The van der Waals surface area contributed by atoms with E-state index in [4.69, 9.17) is 5.11 Å². The summed E-state index contributed by atoms with van der Waals surface area (Å²) in [5.74, 6) is -3.18. The molecule has 1 heterocycles. The quantitative estimate of drug-likeness (QED) is 0.786. The van der Waals surface area contributed by atoms with Gasteiger partial charge in [0, 0.05) is 12.1 Å². The number of halogens is 3. The summed E-state index contributed by atoms with van der Waals surface area (Å²) in [5, 5.41) is 8.84. The lowest BCUT2D eigenvalue weighted by atomic mass is 9.69. The van der Waals surface area contributed by atoms with Crippen molar-refractivity contribution in [3.63, 3.8) is 0 Å². The largest absolute Gasteiger partial charge is 0.481 e. The lowest BCUT2D eigenvalue weighted by Gasteiger charge is -2.55. The number of nitrogens with zero attached hydrogens (tertiary/aromatic N) is 1. The van der Waals surface area contributed by atoms with Gasteiger partial charge in [0.05, 0.1) is 5.92 Å². The van der Waals surface area contributed by atoms with Gasteiger partial charge < -0.3 is 10.0 Å². The molecule has 102 valence electrons. The molecule has 0 radical (unpaired) electrons. The predicted molar refractivity (Wildman–Crippen MR) is 54.7 cm³/mol. The Morgan fingerprint density at radius 1 is 1.17 bits per heavy atom. The standard InChI is InChI=1S/C11H14F3NO3/c12-11(13,14)9(18)15-6-5-10(15)3-1-7(2-4-10)8(16)17/h7H,1-6H2,(H,16,17). The molecule has 0 aromatic rings. The molecule has 0 unspecified atom stereocenters. The highest BCUT2D eigenvalue weighted by Gasteiger charge is 2.55. The number of hydrogen-bond donors (Lipinski definition) is 1. The molecular weight excluding hydrogens is 251 g/mol. The molecular formula is C11H14F3NO3. The summed E-state index contributed by atoms with van der Waals surface area (Å²) in [6.07, 6.45) is -2.90. The molecule has 1 saturated carbocycles. The summed E-state index contributed by atoms with van der Waals surface area (Å²) in [6.45, 7) is 0.121. The van der Waals surface area contributed by atoms with Crippen molar-refractivity contribution in [2.45, 2.75) is 43.8 Å². The SMILES string of the molecule is O=C(O)C1CCC2(CC1)CCN2C(=O)C(F)(F)F. The van der Waals surface area contributed by atoms with E-state index in [-0.39, 0.29) is 6.54 Å². The summed E-state index contributed by atoms with van der Waals surface area (Å²) in [7, 11) is 0. The first kappa shape index (κ1) is 13.2. The molecule has 1 amide bonds. The van der Waals surface area contributed by atoms with Crippen molar-refractivity contribution in [1.29, 1.82) is 0 Å². The first-order valence-corrected chi connectivity index (χ1v) is 5.88. The zero-order chi connectivity index (χ0) is 13.6. The molecule has 1 aliphatic carbocycles. The molecule has 1 aliphatic heterocycles. The fraction of sp³-hybridized carbons (Fsp3) is 0.818. The molecule has 2 rings (SSSR count). The van der Waals surface area contributed by atoms with Crippen molar-refractivity contribution in [3.05, 3.63) is 0 Å². The second-order valence-electron chi connectivity index (χ2n) is 5.04. The summed E-state index contributed by atoms with van der Waals surface area (Å²) in [4.78, 5) is 22.9. The second kappa shape index (κ2) is 4.13. The number of amides is 1. The predicted octanol–water partition coefficient (Wildman–Crippen LogP) is 1.79. The normalized spacial score (nSPS) is 32.2. The van der Waals surface area contributed by atoms with Crippen molar-refractivity contribution < 1.29 is 27.9 Å². The van der Waals surface area contributed by atoms with E-state index in [2.05, 4.69) is 0 Å². The van der Waals surface area contributed by atoms with E-state index in [1.165, 1.54) is 0 Å². The zero-order valence-corrected chi connectivity index (χ0v) is 9.66. The molecule has 0 aromatic heterocycles. The van der Waals surface area contributed by atoms with Crippen molar-refractivity contribution >= 4 is 11.9 Å². The molecule has 1 N–H and O–H groups in total. The van der Waals surface area contributed by atoms with E-state index in [9.17, 15) is 22.8 Å². The van der Waals surface area contributed by atoms with E-state index in [1.807, 2.05) is 0 Å². The number of rotatable bonds is 1. The lowest BCUT2D eigenvalue weighted by Crippen LogP contribution is -2.65. The number of carbonyl (C=O) groups excluding carboxylic acids is 1. The van der Waals surface area contributed by atoms with Gasteiger partial charge in [-0.1, -0.05) is 0 Å². The Kier molecular flexibility index (Phi) is 3.03. The van der Waals surface area contributed by atoms with Crippen molar-refractivity contribution in [3.8, 4) is 0 Å². The van der Waals surface area contributed by atoms with Gasteiger partial charge >= 0.3 is 18.1 Å². The van der Waals surface area contributed by atoms with Crippen molar-refractivity contribution in [2.75, 3.05) is 6.54 Å². The second-order valence-corrected chi connectivity index (χ2v) is 5.04. The lowest BCUT2D eigenvalue weighted by molar-refractivity contribution is -0.203. The number of carboxylic acids is 1. The number of carbonyl (C=O) groups is 2. The van der Waals surface area contributed by atoms with E-state index >= 15 is 0 Å². The fourth-order valence-electron chi connectivity index (χ4n) is 2.93. The van der Waals surface area contributed by atoms with Crippen LogP contribution >= 0.6 is 0 Å². The molecule has 18 heavy (non-hydrogen) atoms. The topological polar surface area (TPSA) is 57.6 Å². The van der Waals surface area contributed by atoms with E-state index in [0.29, 0.717) is 32.1 Å². The molecule has 0 atom stereocenters. The van der Waals surface area contributed by atoms with Gasteiger partial charge in [0.25, 0.3) is 0 Å². The average molecular weight is 265 g/mol. The number of likely N-dealkylation sites (tertiary alicyclic amines) is 1.